The summed E-state index contributed by atoms with van der Waals surface area (Å²) in [6, 6.07) is 0. The van der Waals surface area contributed by atoms with Crippen molar-refractivity contribution >= 4 is 11.3 Å². The maximum absolute atomic E-state index is 8.77. The molecule has 5 heteroatoms. The average Bonchev–Trinajstić information content (AvgIpc) is 2.75. The fraction of sp³-hybridized carbons (Fsp3) is 0.143. The molecule has 2 aromatic heterocycles. The molecule has 0 atom stereocenters. The number of rotatable bonds is 2. The summed E-state index contributed by atoms with van der Waals surface area (Å²) in [5, 5.41) is 11.4. The van der Waals surface area contributed by atoms with Crippen LogP contribution in [0, 0.1) is 0 Å². The lowest BCUT2D eigenvalue weighted by molar-refractivity contribution is 0.277. The van der Waals surface area contributed by atoms with Crippen molar-refractivity contribution in [3.8, 4) is 5.13 Å². The molecule has 0 saturated heterocycles. The summed E-state index contributed by atoms with van der Waals surface area (Å²) in [6.45, 7) is -0.00873. The first-order chi connectivity index (χ1) is 5.90. The third-order valence-corrected chi connectivity index (χ3v) is 2.33. The number of aromatic nitrogens is 3. The first-order valence-corrected chi connectivity index (χ1v) is 4.31. The highest BCUT2D eigenvalue weighted by atomic mass is 32.1. The molecule has 12 heavy (non-hydrogen) atoms. The Labute approximate surface area is 73.1 Å². The van der Waals surface area contributed by atoms with Crippen LogP contribution in [-0.2, 0) is 6.61 Å². The normalized spacial score (nSPS) is 10.4. The first kappa shape index (κ1) is 7.45. The molecule has 2 aromatic rings. The highest BCUT2D eigenvalue weighted by Crippen LogP contribution is 2.13. The van der Waals surface area contributed by atoms with Crippen LogP contribution in [0.3, 0.4) is 0 Å². The Morgan fingerprint density at radius 3 is 3.08 bits per heavy atom. The zero-order chi connectivity index (χ0) is 8.39. The third kappa shape index (κ3) is 1.24. The van der Waals surface area contributed by atoms with Gasteiger partial charge in [0.1, 0.15) is 6.33 Å². The lowest BCUT2D eigenvalue weighted by atomic mass is 10.5. The van der Waals surface area contributed by atoms with Crippen LogP contribution in [0.1, 0.15) is 5.69 Å². The molecule has 4 nitrogen and oxygen atoms in total. The Balaban J connectivity index is 2.35. The highest BCUT2D eigenvalue weighted by Gasteiger charge is 2.01. The molecular formula is C7H7N3OS. The average molecular weight is 181 g/mol. The van der Waals surface area contributed by atoms with Gasteiger partial charge in [0.25, 0.3) is 0 Å². The first-order valence-electron chi connectivity index (χ1n) is 3.44. The molecule has 0 amide bonds. The number of imidazole rings is 1. The summed E-state index contributed by atoms with van der Waals surface area (Å²) in [4.78, 5) is 8.06. The molecule has 2 rings (SSSR count). The molecule has 0 bridgehead atoms. The van der Waals surface area contributed by atoms with E-state index in [9.17, 15) is 0 Å². The van der Waals surface area contributed by atoms with Crippen molar-refractivity contribution in [3.63, 3.8) is 0 Å². The zero-order valence-electron chi connectivity index (χ0n) is 6.21. The van der Waals surface area contributed by atoms with Gasteiger partial charge in [-0.1, -0.05) is 0 Å². The fourth-order valence-corrected chi connectivity index (χ4v) is 1.63. The maximum Gasteiger partial charge on any atom is 0.195 e. The number of hydrogen-bond acceptors (Lipinski definition) is 4. The molecule has 1 N–H and O–H groups in total. The standard InChI is InChI=1S/C7H7N3OS/c11-3-6-4-12-7(9-6)10-2-1-8-5-10/h1-2,4-5,11H,3H2. The van der Waals surface area contributed by atoms with Gasteiger partial charge >= 0.3 is 0 Å². The lowest BCUT2D eigenvalue weighted by Crippen LogP contribution is -1.89. The van der Waals surface area contributed by atoms with Gasteiger partial charge < -0.3 is 5.11 Å². The minimum Gasteiger partial charge on any atom is -0.390 e. The molecule has 0 radical (unpaired) electrons. The molecule has 0 fully saturated rings. The van der Waals surface area contributed by atoms with Gasteiger partial charge in [-0.3, -0.25) is 4.57 Å². The van der Waals surface area contributed by atoms with Crippen LogP contribution in [0.25, 0.3) is 5.13 Å². The second-order valence-corrected chi connectivity index (χ2v) is 3.09. The van der Waals surface area contributed by atoms with Gasteiger partial charge in [-0.25, -0.2) is 9.97 Å². The van der Waals surface area contributed by atoms with E-state index in [1.54, 1.807) is 12.5 Å². The zero-order valence-corrected chi connectivity index (χ0v) is 7.03. The van der Waals surface area contributed by atoms with Gasteiger partial charge in [-0.2, -0.15) is 0 Å². The Bertz CT molecular complexity index is 354. The minimum atomic E-state index is -0.00873. The number of aliphatic hydroxyl groups excluding tert-OH is 1. The molecule has 0 spiro atoms. The van der Waals surface area contributed by atoms with E-state index in [4.69, 9.17) is 5.11 Å². The van der Waals surface area contributed by atoms with Crippen LogP contribution in [0.4, 0.5) is 0 Å². The SMILES string of the molecule is OCc1csc(-n2ccnc2)n1. The van der Waals surface area contributed by atoms with E-state index in [2.05, 4.69) is 9.97 Å². The number of aliphatic hydroxyl groups is 1. The topological polar surface area (TPSA) is 50.9 Å². The predicted molar refractivity (Wildman–Crippen MR) is 45.2 cm³/mol. The molecule has 0 saturated carbocycles. The van der Waals surface area contributed by atoms with E-state index in [0.29, 0.717) is 5.69 Å². The smallest absolute Gasteiger partial charge is 0.195 e. The summed E-state index contributed by atoms with van der Waals surface area (Å²) >= 11 is 1.48. The van der Waals surface area contributed by atoms with Crippen LogP contribution >= 0.6 is 11.3 Å². The summed E-state index contributed by atoms with van der Waals surface area (Å²) in [5.74, 6) is 0. The van der Waals surface area contributed by atoms with Crippen molar-refractivity contribution in [1.82, 2.24) is 14.5 Å². The number of nitrogens with zero attached hydrogens (tertiary/aromatic N) is 3. The third-order valence-electron chi connectivity index (χ3n) is 1.43. The van der Waals surface area contributed by atoms with E-state index in [1.165, 1.54) is 11.3 Å². The molecular weight excluding hydrogens is 174 g/mol. The number of hydrogen-bond donors (Lipinski definition) is 1. The molecule has 62 valence electrons. The summed E-state index contributed by atoms with van der Waals surface area (Å²) in [6.07, 6.45) is 5.19. The van der Waals surface area contributed by atoms with Gasteiger partial charge in [-0.15, -0.1) is 11.3 Å². The Morgan fingerprint density at radius 2 is 2.50 bits per heavy atom. The van der Waals surface area contributed by atoms with Gasteiger partial charge in [-0.05, 0) is 0 Å². The van der Waals surface area contributed by atoms with Crippen molar-refractivity contribution in [2.45, 2.75) is 6.61 Å². The van der Waals surface area contributed by atoms with E-state index in [0.717, 1.165) is 5.13 Å². The lowest BCUT2D eigenvalue weighted by Gasteiger charge is -1.91. The maximum atomic E-state index is 8.77. The Hall–Kier alpha value is -1.20. The fourth-order valence-electron chi connectivity index (χ4n) is 0.860. The van der Waals surface area contributed by atoms with Crippen molar-refractivity contribution in [2.24, 2.45) is 0 Å². The summed E-state index contributed by atoms with van der Waals surface area (Å²) in [5.41, 5.74) is 0.698. The Morgan fingerprint density at radius 1 is 1.58 bits per heavy atom. The van der Waals surface area contributed by atoms with Gasteiger partial charge in [0.05, 0.1) is 12.3 Å². The molecule has 2 heterocycles. The molecule has 0 aromatic carbocycles. The second-order valence-electron chi connectivity index (χ2n) is 2.25. The Kier molecular flexibility index (Phi) is 1.89. The molecule has 0 unspecified atom stereocenters. The highest BCUT2D eigenvalue weighted by molar-refractivity contribution is 7.12. The summed E-state index contributed by atoms with van der Waals surface area (Å²) < 4.78 is 1.81. The van der Waals surface area contributed by atoms with E-state index < -0.39 is 0 Å². The van der Waals surface area contributed by atoms with Crippen molar-refractivity contribution < 1.29 is 5.11 Å². The monoisotopic (exact) mass is 181 g/mol. The summed E-state index contributed by atoms with van der Waals surface area (Å²) in [7, 11) is 0. The largest absolute Gasteiger partial charge is 0.390 e. The van der Waals surface area contributed by atoms with Crippen LogP contribution in [0.2, 0.25) is 0 Å². The quantitative estimate of drug-likeness (QED) is 0.746. The van der Waals surface area contributed by atoms with Gasteiger partial charge in [0.2, 0.25) is 0 Å². The van der Waals surface area contributed by atoms with Crippen LogP contribution in [0.5, 0.6) is 0 Å². The van der Waals surface area contributed by atoms with Crippen molar-refractivity contribution in [3.05, 3.63) is 29.8 Å². The van der Waals surface area contributed by atoms with Crippen molar-refractivity contribution in [2.75, 3.05) is 0 Å². The predicted octanol–water partition coefficient (Wildman–Crippen LogP) is 0.821. The minimum absolute atomic E-state index is 0.00873. The van der Waals surface area contributed by atoms with Crippen LogP contribution < -0.4 is 0 Å². The second kappa shape index (κ2) is 3.04. The molecule has 0 aliphatic heterocycles. The van der Waals surface area contributed by atoms with E-state index in [-0.39, 0.29) is 6.61 Å². The molecule has 0 aliphatic rings. The van der Waals surface area contributed by atoms with Crippen LogP contribution in [0.15, 0.2) is 24.1 Å². The van der Waals surface area contributed by atoms with Crippen molar-refractivity contribution in [1.29, 1.82) is 0 Å². The number of thiazole rings is 1. The van der Waals surface area contributed by atoms with E-state index in [1.807, 2.05) is 16.1 Å². The van der Waals surface area contributed by atoms with E-state index >= 15 is 0 Å². The van der Waals surface area contributed by atoms with Gasteiger partial charge in [0, 0.05) is 17.8 Å². The van der Waals surface area contributed by atoms with Crippen LogP contribution in [-0.4, -0.2) is 19.6 Å². The van der Waals surface area contributed by atoms with Gasteiger partial charge in [0.15, 0.2) is 5.13 Å². The molecule has 0 aliphatic carbocycles.